The number of aliphatic hydroxyl groups is 1. The molecule has 5 heteroatoms. The van der Waals surface area contributed by atoms with Crippen LogP contribution in [-0.4, -0.2) is 28.2 Å². The van der Waals surface area contributed by atoms with Gasteiger partial charge in [-0.15, -0.1) is 0 Å². The number of benzene rings is 2. The predicted octanol–water partition coefficient (Wildman–Crippen LogP) is 5.57. The van der Waals surface area contributed by atoms with Gasteiger partial charge in [0.2, 0.25) is 0 Å². The molecule has 164 valence electrons. The molecule has 2 N–H and O–H groups in total. The van der Waals surface area contributed by atoms with Crippen molar-refractivity contribution in [2.75, 3.05) is 6.61 Å². The summed E-state index contributed by atoms with van der Waals surface area (Å²) in [6.07, 6.45) is 6.25. The van der Waals surface area contributed by atoms with Gasteiger partial charge in [-0.2, -0.15) is 0 Å². The Morgan fingerprint density at radius 3 is 2.55 bits per heavy atom. The highest BCUT2D eigenvalue weighted by Crippen LogP contribution is 2.31. The Morgan fingerprint density at radius 2 is 1.87 bits per heavy atom. The standard InChI is InChI=1S/C26H31ClN2O2/c1-17-13-22-11-12-29(15-19-5-9-23(27)10-6-19)25(22)24(14-17)26(31)28-18(2)21-7-3-20(16-30)4-8-21/h5-6,9-14,18,20-21,30H,3-4,7-8,15-16H2,1-2H3,(H,28,31). The molecule has 1 fully saturated rings. The van der Waals surface area contributed by atoms with Crippen LogP contribution in [0.15, 0.2) is 48.7 Å². The molecule has 1 atom stereocenters. The third-order valence-corrected chi connectivity index (χ3v) is 6.98. The molecule has 4 rings (SSSR count). The van der Waals surface area contributed by atoms with Gasteiger partial charge in [-0.05, 0) is 92.8 Å². The minimum absolute atomic E-state index is 0.0125. The van der Waals surface area contributed by atoms with Crippen molar-refractivity contribution >= 4 is 28.4 Å². The van der Waals surface area contributed by atoms with Crippen molar-refractivity contribution in [1.82, 2.24) is 9.88 Å². The number of aromatic nitrogens is 1. The lowest BCUT2D eigenvalue weighted by Gasteiger charge is -2.32. The molecule has 0 spiro atoms. The number of nitrogens with zero attached hydrogens (tertiary/aromatic N) is 1. The van der Waals surface area contributed by atoms with Crippen LogP contribution in [0.2, 0.25) is 5.02 Å². The number of fused-ring (bicyclic) bond motifs is 1. The summed E-state index contributed by atoms with van der Waals surface area (Å²) in [5, 5.41) is 14.5. The van der Waals surface area contributed by atoms with Crippen molar-refractivity contribution < 1.29 is 9.90 Å². The molecule has 0 bridgehead atoms. The first kappa shape index (κ1) is 21.9. The molecule has 1 saturated carbocycles. The van der Waals surface area contributed by atoms with E-state index in [2.05, 4.69) is 35.1 Å². The molecule has 1 unspecified atom stereocenters. The fraction of sp³-hybridized carbons (Fsp3) is 0.423. The Labute approximate surface area is 189 Å². The highest BCUT2D eigenvalue weighted by molar-refractivity contribution is 6.30. The minimum Gasteiger partial charge on any atom is -0.396 e. The van der Waals surface area contributed by atoms with Gasteiger partial charge < -0.3 is 15.0 Å². The van der Waals surface area contributed by atoms with E-state index < -0.39 is 0 Å². The zero-order valence-electron chi connectivity index (χ0n) is 18.3. The van der Waals surface area contributed by atoms with Crippen LogP contribution in [0.3, 0.4) is 0 Å². The molecule has 1 amide bonds. The number of carbonyl (C=O) groups excluding carboxylic acids is 1. The fourth-order valence-electron chi connectivity index (χ4n) is 4.86. The average Bonchev–Trinajstić information content (AvgIpc) is 3.17. The van der Waals surface area contributed by atoms with Crippen LogP contribution in [0.4, 0.5) is 0 Å². The van der Waals surface area contributed by atoms with Crippen LogP contribution in [0.1, 0.15) is 54.1 Å². The number of hydrogen-bond acceptors (Lipinski definition) is 2. The molecular formula is C26H31ClN2O2. The Kier molecular flexibility index (Phi) is 6.68. The summed E-state index contributed by atoms with van der Waals surface area (Å²) >= 11 is 6.03. The summed E-state index contributed by atoms with van der Waals surface area (Å²) in [6, 6.07) is 14.1. The SMILES string of the molecule is Cc1cc(C(=O)NC(C)C2CCC(CO)CC2)c2c(ccn2Cc2ccc(Cl)cc2)c1. The second kappa shape index (κ2) is 9.46. The zero-order valence-corrected chi connectivity index (χ0v) is 19.0. The molecule has 0 saturated heterocycles. The molecule has 0 radical (unpaired) electrons. The monoisotopic (exact) mass is 438 g/mol. The predicted molar refractivity (Wildman–Crippen MR) is 127 cm³/mol. The third-order valence-electron chi connectivity index (χ3n) is 6.73. The number of amides is 1. The third kappa shape index (κ3) is 4.97. The van der Waals surface area contributed by atoms with Gasteiger partial charge in [0.1, 0.15) is 0 Å². The first-order valence-electron chi connectivity index (χ1n) is 11.2. The topological polar surface area (TPSA) is 54.3 Å². The molecule has 1 heterocycles. The van der Waals surface area contributed by atoms with Gasteiger partial charge >= 0.3 is 0 Å². The summed E-state index contributed by atoms with van der Waals surface area (Å²) in [5.74, 6) is 0.876. The smallest absolute Gasteiger partial charge is 0.253 e. The normalized spacial score (nSPS) is 20.0. The van der Waals surface area contributed by atoms with E-state index in [0.29, 0.717) is 18.4 Å². The second-order valence-corrected chi connectivity index (χ2v) is 9.48. The molecule has 4 nitrogen and oxygen atoms in total. The second-order valence-electron chi connectivity index (χ2n) is 9.05. The number of nitrogens with one attached hydrogen (secondary N) is 1. The van der Waals surface area contributed by atoms with Crippen molar-refractivity contribution in [2.45, 2.75) is 52.1 Å². The number of aryl methyl sites for hydroxylation is 1. The molecule has 1 aliphatic carbocycles. The number of rotatable bonds is 6. The van der Waals surface area contributed by atoms with Crippen LogP contribution in [0, 0.1) is 18.8 Å². The van der Waals surface area contributed by atoms with Crippen molar-refractivity contribution in [3.05, 3.63) is 70.4 Å². The maximum Gasteiger partial charge on any atom is 0.253 e. The van der Waals surface area contributed by atoms with E-state index in [0.717, 1.165) is 58.3 Å². The lowest BCUT2D eigenvalue weighted by Crippen LogP contribution is -2.40. The van der Waals surface area contributed by atoms with E-state index in [9.17, 15) is 9.90 Å². The lowest BCUT2D eigenvalue weighted by atomic mass is 9.79. The average molecular weight is 439 g/mol. The number of halogens is 1. The summed E-state index contributed by atoms with van der Waals surface area (Å²) < 4.78 is 2.14. The van der Waals surface area contributed by atoms with Crippen molar-refractivity contribution in [3.8, 4) is 0 Å². The minimum atomic E-state index is -0.0125. The van der Waals surface area contributed by atoms with E-state index in [1.165, 1.54) is 0 Å². The number of carbonyl (C=O) groups is 1. The fourth-order valence-corrected chi connectivity index (χ4v) is 4.99. The van der Waals surface area contributed by atoms with Crippen LogP contribution < -0.4 is 5.32 Å². The largest absolute Gasteiger partial charge is 0.396 e. The molecular weight excluding hydrogens is 408 g/mol. The van der Waals surface area contributed by atoms with E-state index in [-0.39, 0.29) is 18.6 Å². The molecule has 1 aliphatic rings. The first-order valence-corrected chi connectivity index (χ1v) is 11.6. The van der Waals surface area contributed by atoms with Crippen LogP contribution >= 0.6 is 11.6 Å². The van der Waals surface area contributed by atoms with E-state index in [1.54, 1.807) is 0 Å². The maximum absolute atomic E-state index is 13.3. The van der Waals surface area contributed by atoms with Gasteiger partial charge in [0.05, 0.1) is 11.1 Å². The van der Waals surface area contributed by atoms with Gasteiger partial charge in [0.15, 0.2) is 0 Å². The summed E-state index contributed by atoms with van der Waals surface area (Å²) in [7, 11) is 0. The van der Waals surface area contributed by atoms with Crippen LogP contribution in [0.25, 0.3) is 10.9 Å². The Balaban J connectivity index is 1.56. The Bertz CT molecular complexity index is 1050. The van der Waals surface area contributed by atoms with Gasteiger partial charge in [-0.25, -0.2) is 0 Å². The lowest BCUT2D eigenvalue weighted by molar-refractivity contribution is 0.0906. The molecule has 0 aliphatic heterocycles. The summed E-state index contributed by atoms with van der Waals surface area (Å²) in [6.45, 7) is 5.11. The maximum atomic E-state index is 13.3. The van der Waals surface area contributed by atoms with Crippen molar-refractivity contribution in [3.63, 3.8) is 0 Å². The quantitative estimate of drug-likeness (QED) is 0.528. The van der Waals surface area contributed by atoms with Gasteiger partial charge in [-0.1, -0.05) is 23.7 Å². The molecule has 3 aromatic rings. The van der Waals surface area contributed by atoms with E-state index in [1.807, 2.05) is 37.3 Å². The molecule has 2 aromatic carbocycles. The molecule has 31 heavy (non-hydrogen) atoms. The van der Waals surface area contributed by atoms with Crippen LogP contribution in [-0.2, 0) is 6.54 Å². The number of aliphatic hydroxyl groups excluding tert-OH is 1. The highest BCUT2D eigenvalue weighted by Gasteiger charge is 2.26. The van der Waals surface area contributed by atoms with Crippen LogP contribution in [0.5, 0.6) is 0 Å². The van der Waals surface area contributed by atoms with Gasteiger partial charge in [-0.3, -0.25) is 4.79 Å². The van der Waals surface area contributed by atoms with Crippen molar-refractivity contribution in [1.29, 1.82) is 0 Å². The Morgan fingerprint density at radius 1 is 1.16 bits per heavy atom. The van der Waals surface area contributed by atoms with E-state index >= 15 is 0 Å². The first-order chi connectivity index (χ1) is 14.9. The molecule has 1 aromatic heterocycles. The van der Waals surface area contributed by atoms with Gasteiger partial charge in [0.25, 0.3) is 5.91 Å². The summed E-state index contributed by atoms with van der Waals surface area (Å²) in [5.41, 5.74) is 3.92. The van der Waals surface area contributed by atoms with Crippen molar-refractivity contribution in [2.24, 2.45) is 11.8 Å². The summed E-state index contributed by atoms with van der Waals surface area (Å²) in [4.78, 5) is 13.3. The highest BCUT2D eigenvalue weighted by atomic mass is 35.5. The zero-order chi connectivity index (χ0) is 22.0. The van der Waals surface area contributed by atoms with E-state index in [4.69, 9.17) is 11.6 Å². The number of hydrogen-bond donors (Lipinski definition) is 2. The Hall–Kier alpha value is -2.30. The van der Waals surface area contributed by atoms with Gasteiger partial charge in [0, 0.05) is 35.8 Å².